The fraction of sp³-hybridized carbons (Fsp3) is 0.444. The van der Waals surface area contributed by atoms with E-state index < -0.39 is 0 Å². The van der Waals surface area contributed by atoms with Crippen molar-refractivity contribution in [3.8, 4) is 0 Å². The first-order chi connectivity index (χ1) is 6.09. The molecular formula is C9H13BrN2O. The highest BCUT2D eigenvalue weighted by molar-refractivity contribution is 9.10. The Labute approximate surface area is 86.3 Å². The van der Waals surface area contributed by atoms with E-state index in [1.54, 1.807) is 6.92 Å². The van der Waals surface area contributed by atoms with Crippen LogP contribution in [-0.4, -0.2) is 22.7 Å². The van der Waals surface area contributed by atoms with E-state index >= 15 is 0 Å². The van der Waals surface area contributed by atoms with Crippen molar-refractivity contribution in [1.82, 2.24) is 4.98 Å². The summed E-state index contributed by atoms with van der Waals surface area (Å²) in [6.45, 7) is 4.18. The monoisotopic (exact) mass is 244 g/mol. The minimum absolute atomic E-state index is 0.356. The number of pyridine rings is 1. The maximum absolute atomic E-state index is 9.04. The molecule has 0 amide bonds. The molecule has 1 aromatic heterocycles. The molecule has 0 radical (unpaired) electrons. The van der Waals surface area contributed by atoms with Crippen molar-refractivity contribution < 1.29 is 5.11 Å². The summed E-state index contributed by atoms with van der Waals surface area (Å²) >= 11 is 3.37. The van der Waals surface area contributed by atoms with E-state index in [4.69, 9.17) is 5.11 Å². The topological polar surface area (TPSA) is 45.2 Å². The van der Waals surface area contributed by atoms with Crippen molar-refractivity contribution in [3.63, 3.8) is 0 Å². The first-order valence-electron chi connectivity index (χ1n) is 4.14. The highest BCUT2D eigenvalue weighted by Gasteiger charge is 1.99. The lowest BCUT2D eigenvalue weighted by atomic mass is 10.3. The molecule has 13 heavy (non-hydrogen) atoms. The highest BCUT2D eigenvalue weighted by atomic mass is 79.9. The normalized spacial score (nSPS) is 12.6. The third-order valence-corrected chi connectivity index (χ3v) is 2.44. The van der Waals surface area contributed by atoms with Crippen LogP contribution in [0, 0.1) is 6.92 Å². The van der Waals surface area contributed by atoms with Crippen LogP contribution in [0.15, 0.2) is 16.6 Å². The van der Waals surface area contributed by atoms with E-state index in [9.17, 15) is 0 Å². The smallest absolute Gasteiger partial charge is 0.126 e. The van der Waals surface area contributed by atoms with Crippen LogP contribution >= 0.6 is 15.9 Å². The third kappa shape index (κ3) is 3.32. The summed E-state index contributed by atoms with van der Waals surface area (Å²) < 4.78 is 0.995. The van der Waals surface area contributed by atoms with E-state index in [0.717, 1.165) is 16.0 Å². The van der Waals surface area contributed by atoms with Gasteiger partial charge >= 0.3 is 0 Å². The average Bonchev–Trinajstić information content (AvgIpc) is 2.07. The first-order valence-corrected chi connectivity index (χ1v) is 4.94. The summed E-state index contributed by atoms with van der Waals surface area (Å²) in [4.78, 5) is 4.28. The molecule has 0 saturated carbocycles. The lowest BCUT2D eigenvalue weighted by molar-refractivity contribution is 0.208. The number of aliphatic hydroxyl groups excluding tert-OH is 1. The standard InChI is InChI=1S/C9H13BrN2O/c1-6(13)5-11-9-4-3-8(10)7(2)12-9/h3-4,6,13H,5H2,1-2H3,(H,11,12). The maximum atomic E-state index is 9.04. The fourth-order valence-electron chi connectivity index (χ4n) is 0.895. The number of nitrogens with one attached hydrogen (secondary N) is 1. The Morgan fingerprint density at radius 2 is 2.31 bits per heavy atom. The van der Waals surface area contributed by atoms with Crippen molar-refractivity contribution in [2.75, 3.05) is 11.9 Å². The van der Waals surface area contributed by atoms with Gasteiger partial charge in [-0.05, 0) is 41.9 Å². The molecule has 1 atom stereocenters. The zero-order valence-corrected chi connectivity index (χ0v) is 9.30. The van der Waals surface area contributed by atoms with Gasteiger partial charge in [0.2, 0.25) is 0 Å². The van der Waals surface area contributed by atoms with Crippen molar-refractivity contribution >= 4 is 21.7 Å². The van der Waals surface area contributed by atoms with Crippen molar-refractivity contribution in [2.45, 2.75) is 20.0 Å². The molecule has 0 aliphatic rings. The van der Waals surface area contributed by atoms with Crippen LogP contribution in [0.2, 0.25) is 0 Å². The molecule has 0 saturated heterocycles. The minimum atomic E-state index is -0.356. The van der Waals surface area contributed by atoms with Gasteiger partial charge < -0.3 is 10.4 Å². The zero-order chi connectivity index (χ0) is 9.84. The largest absolute Gasteiger partial charge is 0.392 e. The molecular weight excluding hydrogens is 232 g/mol. The Morgan fingerprint density at radius 1 is 1.62 bits per heavy atom. The second-order valence-electron chi connectivity index (χ2n) is 2.99. The SMILES string of the molecule is Cc1nc(NCC(C)O)ccc1Br. The molecule has 0 spiro atoms. The van der Waals surface area contributed by atoms with Crippen molar-refractivity contribution in [2.24, 2.45) is 0 Å². The number of aromatic nitrogens is 1. The van der Waals surface area contributed by atoms with E-state index in [2.05, 4.69) is 26.2 Å². The van der Waals surface area contributed by atoms with Gasteiger partial charge in [-0.1, -0.05) is 0 Å². The van der Waals surface area contributed by atoms with Crippen molar-refractivity contribution in [1.29, 1.82) is 0 Å². The summed E-state index contributed by atoms with van der Waals surface area (Å²) in [5, 5.41) is 12.1. The summed E-state index contributed by atoms with van der Waals surface area (Å²) in [7, 11) is 0. The van der Waals surface area contributed by atoms with Gasteiger partial charge in [0.05, 0.1) is 11.8 Å². The molecule has 0 aromatic carbocycles. The lowest BCUT2D eigenvalue weighted by Crippen LogP contribution is -2.16. The van der Waals surface area contributed by atoms with Gasteiger partial charge in [0.1, 0.15) is 5.82 Å². The number of hydrogen-bond donors (Lipinski definition) is 2. The van der Waals surface area contributed by atoms with E-state index in [-0.39, 0.29) is 6.10 Å². The maximum Gasteiger partial charge on any atom is 0.126 e. The van der Waals surface area contributed by atoms with E-state index in [1.807, 2.05) is 19.1 Å². The molecule has 2 N–H and O–H groups in total. The fourth-order valence-corrected chi connectivity index (χ4v) is 1.12. The van der Waals surface area contributed by atoms with Gasteiger partial charge in [0, 0.05) is 11.0 Å². The number of aliphatic hydroxyl groups is 1. The average molecular weight is 245 g/mol. The Balaban J connectivity index is 2.63. The molecule has 3 nitrogen and oxygen atoms in total. The molecule has 1 aromatic rings. The van der Waals surface area contributed by atoms with Gasteiger partial charge in [-0.3, -0.25) is 0 Å². The Hall–Kier alpha value is -0.610. The highest BCUT2D eigenvalue weighted by Crippen LogP contribution is 2.15. The first kappa shape index (κ1) is 10.5. The second-order valence-corrected chi connectivity index (χ2v) is 3.85. The Kier molecular flexibility index (Phi) is 3.69. The molecule has 1 heterocycles. The van der Waals surface area contributed by atoms with Gasteiger partial charge in [-0.15, -0.1) is 0 Å². The van der Waals surface area contributed by atoms with E-state index in [1.165, 1.54) is 0 Å². The van der Waals surface area contributed by atoms with Crippen LogP contribution < -0.4 is 5.32 Å². The number of hydrogen-bond acceptors (Lipinski definition) is 3. The molecule has 1 unspecified atom stereocenters. The van der Waals surface area contributed by atoms with Crippen LogP contribution in [-0.2, 0) is 0 Å². The van der Waals surface area contributed by atoms with Gasteiger partial charge in [0.25, 0.3) is 0 Å². The summed E-state index contributed by atoms with van der Waals surface area (Å²) in [5.74, 6) is 0.793. The summed E-state index contributed by atoms with van der Waals surface area (Å²) in [5.41, 5.74) is 0.940. The molecule has 1 rings (SSSR count). The minimum Gasteiger partial charge on any atom is -0.392 e. The van der Waals surface area contributed by atoms with E-state index in [0.29, 0.717) is 6.54 Å². The van der Waals surface area contributed by atoms with Gasteiger partial charge in [-0.2, -0.15) is 0 Å². The zero-order valence-electron chi connectivity index (χ0n) is 7.71. The lowest BCUT2D eigenvalue weighted by Gasteiger charge is -2.08. The third-order valence-electron chi connectivity index (χ3n) is 1.60. The Bertz CT molecular complexity index is 289. The number of halogens is 1. The van der Waals surface area contributed by atoms with Crippen molar-refractivity contribution in [3.05, 3.63) is 22.3 Å². The van der Waals surface area contributed by atoms with Crippen LogP contribution in [0.1, 0.15) is 12.6 Å². The Morgan fingerprint density at radius 3 is 2.85 bits per heavy atom. The summed E-state index contributed by atoms with van der Waals surface area (Å²) in [6, 6.07) is 3.81. The quantitative estimate of drug-likeness (QED) is 0.855. The predicted octanol–water partition coefficient (Wildman–Crippen LogP) is 1.95. The number of aryl methyl sites for hydroxylation is 1. The molecule has 0 aliphatic carbocycles. The van der Waals surface area contributed by atoms with Crippen LogP contribution in [0.25, 0.3) is 0 Å². The number of rotatable bonds is 3. The summed E-state index contributed by atoms with van der Waals surface area (Å²) in [6.07, 6.45) is -0.356. The second kappa shape index (κ2) is 4.58. The molecule has 4 heteroatoms. The predicted molar refractivity (Wildman–Crippen MR) is 56.8 cm³/mol. The molecule has 0 aliphatic heterocycles. The van der Waals surface area contributed by atoms with Crippen LogP contribution in [0.4, 0.5) is 5.82 Å². The molecule has 0 fully saturated rings. The van der Waals surface area contributed by atoms with Gasteiger partial charge in [-0.25, -0.2) is 4.98 Å². The molecule has 0 bridgehead atoms. The number of nitrogens with zero attached hydrogens (tertiary/aromatic N) is 1. The van der Waals surface area contributed by atoms with Crippen LogP contribution in [0.5, 0.6) is 0 Å². The van der Waals surface area contributed by atoms with Gasteiger partial charge in [0.15, 0.2) is 0 Å². The van der Waals surface area contributed by atoms with Crippen LogP contribution in [0.3, 0.4) is 0 Å². The molecule has 72 valence electrons. The number of anilines is 1.